The number of carbonyl (C=O) groups is 2. The number of rotatable bonds is 5. The number of carbonyl (C=O) groups excluding carboxylic acids is 2. The van der Waals surface area contributed by atoms with Crippen molar-refractivity contribution in [3.8, 4) is 11.4 Å². The molecule has 2 heterocycles. The van der Waals surface area contributed by atoms with Crippen molar-refractivity contribution in [3.63, 3.8) is 0 Å². The van der Waals surface area contributed by atoms with Crippen molar-refractivity contribution >= 4 is 34.5 Å². The second-order valence-electron chi connectivity index (χ2n) is 5.95. The summed E-state index contributed by atoms with van der Waals surface area (Å²) in [6.45, 7) is 0. The molecule has 4 rings (SSSR count). The monoisotopic (exact) mass is 388 g/mol. The van der Waals surface area contributed by atoms with Gasteiger partial charge in [-0.05, 0) is 47.8 Å². The summed E-state index contributed by atoms with van der Waals surface area (Å²) in [6, 6.07) is 17.8. The van der Waals surface area contributed by atoms with Crippen molar-refractivity contribution in [3.05, 3.63) is 88.9 Å². The lowest BCUT2D eigenvalue weighted by Crippen LogP contribution is -2.17. The first-order chi connectivity index (χ1) is 13.7. The van der Waals surface area contributed by atoms with Gasteiger partial charge in [0.2, 0.25) is 0 Å². The number of hydrogen-bond acceptors (Lipinski definition) is 4. The van der Waals surface area contributed by atoms with Crippen LogP contribution in [0.2, 0.25) is 0 Å². The van der Waals surface area contributed by atoms with Crippen molar-refractivity contribution in [2.75, 3.05) is 10.6 Å². The molecule has 6 nitrogen and oxygen atoms in total. The molecule has 0 unspecified atom stereocenters. The van der Waals surface area contributed by atoms with Crippen LogP contribution in [0.5, 0.6) is 0 Å². The second-order valence-corrected chi connectivity index (χ2v) is 6.89. The molecule has 3 N–H and O–H groups in total. The number of H-pyrrole nitrogens is 1. The first kappa shape index (κ1) is 17.7. The van der Waals surface area contributed by atoms with Gasteiger partial charge < -0.3 is 15.6 Å². The third-order valence-electron chi connectivity index (χ3n) is 4.08. The van der Waals surface area contributed by atoms with E-state index < -0.39 is 0 Å². The molecule has 0 bridgehead atoms. The highest BCUT2D eigenvalue weighted by molar-refractivity contribution is 7.12. The lowest BCUT2D eigenvalue weighted by atomic mass is 10.1. The maximum Gasteiger partial charge on any atom is 0.265 e. The van der Waals surface area contributed by atoms with Crippen LogP contribution in [-0.2, 0) is 0 Å². The molecule has 0 aliphatic rings. The predicted molar refractivity (Wildman–Crippen MR) is 111 cm³/mol. The molecular weight excluding hydrogens is 372 g/mol. The zero-order chi connectivity index (χ0) is 19.3. The van der Waals surface area contributed by atoms with Gasteiger partial charge in [0.25, 0.3) is 11.8 Å². The Kier molecular flexibility index (Phi) is 4.99. The number of anilines is 2. The topological polar surface area (TPSA) is 86.9 Å². The van der Waals surface area contributed by atoms with Gasteiger partial charge in [-0.3, -0.25) is 9.59 Å². The lowest BCUT2D eigenvalue weighted by molar-refractivity contribution is 0.102. The van der Waals surface area contributed by atoms with Gasteiger partial charge in [0.05, 0.1) is 16.1 Å². The lowest BCUT2D eigenvalue weighted by Gasteiger charge is -2.11. The molecule has 0 aliphatic carbocycles. The Bertz CT molecular complexity index is 1090. The molecule has 0 aliphatic heterocycles. The van der Waals surface area contributed by atoms with Crippen LogP contribution in [0.1, 0.15) is 20.0 Å². The molecular formula is C21H16N4O2S. The highest BCUT2D eigenvalue weighted by Gasteiger charge is 2.15. The van der Waals surface area contributed by atoms with E-state index in [1.54, 1.807) is 42.7 Å². The number of aromatic nitrogens is 2. The van der Waals surface area contributed by atoms with Crippen LogP contribution in [0, 0.1) is 0 Å². The summed E-state index contributed by atoms with van der Waals surface area (Å²) in [6.07, 6.45) is 3.44. The smallest absolute Gasteiger partial charge is 0.265 e. The van der Waals surface area contributed by atoms with Crippen molar-refractivity contribution in [2.24, 2.45) is 0 Å². The van der Waals surface area contributed by atoms with Gasteiger partial charge in [-0.15, -0.1) is 11.3 Å². The Balaban J connectivity index is 1.50. The third kappa shape index (κ3) is 3.84. The van der Waals surface area contributed by atoms with Crippen molar-refractivity contribution < 1.29 is 9.59 Å². The summed E-state index contributed by atoms with van der Waals surface area (Å²) in [5, 5.41) is 7.50. The molecule has 0 saturated heterocycles. The van der Waals surface area contributed by atoms with Gasteiger partial charge in [-0.1, -0.05) is 18.2 Å². The van der Waals surface area contributed by atoms with Crippen LogP contribution in [0.3, 0.4) is 0 Å². The van der Waals surface area contributed by atoms with E-state index in [4.69, 9.17) is 0 Å². The molecule has 0 atom stereocenters. The van der Waals surface area contributed by atoms with E-state index in [1.165, 1.54) is 11.3 Å². The number of nitrogens with zero attached hydrogens (tertiary/aromatic N) is 1. The summed E-state index contributed by atoms with van der Waals surface area (Å²) >= 11 is 1.35. The van der Waals surface area contributed by atoms with Crippen molar-refractivity contribution in [1.82, 2.24) is 9.97 Å². The van der Waals surface area contributed by atoms with Crippen LogP contribution in [0.4, 0.5) is 11.4 Å². The molecule has 2 aromatic heterocycles. The molecule has 0 spiro atoms. The molecule has 2 aromatic carbocycles. The van der Waals surface area contributed by atoms with Crippen LogP contribution >= 0.6 is 11.3 Å². The predicted octanol–water partition coefficient (Wildman–Crippen LogP) is 4.64. The fraction of sp³-hybridized carbons (Fsp3) is 0. The van der Waals surface area contributed by atoms with Gasteiger partial charge in [0, 0.05) is 23.6 Å². The highest BCUT2D eigenvalue weighted by atomic mass is 32.1. The fourth-order valence-corrected chi connectivity index (χ4v) is 3.33. The van der Waals surface area contributed by atoms with E-state index in [9.17, 15) is 9.59 Å². The molecule has 0 fully saturated rings. The molecule has 7 heteroatoms. The van der Waals surface area contributed by atoms with E-state index in [-0.39, 0.29) is 11.8 Å². The minimum atomic E-state index is -0.298. The van der Waals surface area contributed by atoms with E-state index in [1.807, 2.05) is 35.7 Å². The number of aromatic amines is 1. The van der Waals surface area contributed by atoms with Crippen LogP contribution in [0.15, 0.2) is 78.4 Å². The maximum atomic E-state index is 12.7. The molecule has 28 heavy (non-hydrogen) atoms. The minimum Gasteiger partial charge on any atom is -0.345 e. The number of amides is 2. The van der Waals surface area contributed by atoms with Crippen LogP contribution in [0.25, 0.3) is 11.4 Å². The Morgan fingerprint density at radius 2 is 1.71 bits per heavy atom. The number of para-hydroxylation sites is 1. The zero-order valence-electron chi connectivity index (χ0n) is 14.7. The van der Waals surface area contributed by atoms with Crippen molar-refractivity contribution in [1.29, 1.82) is 0 Å². The summed E-state index contributed by atoms with van der Waals surface area (Å²) in [4.78, 5) is 32.9. The fourth-order valence-electron chi connectivity index (χ4n) is 2.71. The summed E-state index contributed by atoms with van der Waals surface area (Å²) < 4.78 is 0. The quantitative estimate of drug-likeness (QED) is 0.465. The summed E-state index contributed by atoms with van der Waals surface area (Å²) in [7, 11) is 0. The second kappa shape index (κ2) is 7.89. The van der Waals surface area contributed by atoms with E-state index in [2.05, 4.69) is 20.6 Å². The Morgan fingerprint density at radius 3 is 2.43 bits per heavy atom. The number of imidazole rings is 1. The molecule has 2 amide bonds. The molecule has 0 saturated carbocycles. The van der Waals surface area contributed by atoms with Crippen LogP contribution < -0.4 is 10.6 Å². The normalized spacial score (nSPS) is 10.4. The SMILES string of the molecule is O=C(Nc1ccccc1C(=O)Nc1ccc(-c2ncc[nH]2)cc1)c1cccs1. The standard InChI is InChI=1S/C21H16N4O2S/c26-20(24-15-9-7-14(8-10-15)19-22-11-12-23-19)16-4-1-2-5-17(16)25-21(27)18-6-3-13-28-18/h1-13H,(H,22,23)(H,24,26)(H,25,27). The summed E-state index contributed by atoms with van der Waals surface area (Å²) in [5.74, 6) is 0.227. The molecule has 138 valence electrons. The van der Waals surface area contributed by atoms with Crippen molar-refractivity contribution in [2.45, 2.75) is 0 Å². The van der Waals surface area contributed by atoms with Crippen LogP contribution in [-0.4, -0.2) is 21.8 Å². The third-order valence-corrected chi connectivity index (χ3v) is 4.95. The average Bonchev–Trinajstić information content (AvgIpc) is 3.43. The van der Waals surface area contributed by atoms with E-state index in [0.717, 1.165) is 11.4 Å². The first-order valence-corrected chi connectivity index (χ1v) is 9.44. The number of benzene rings is 2. The average molecular weight is 388 g/mol. The first-order valence-electron chi connectivity index (χ1n) is 8.56. The van der Waals surface area contributed by atoms with Gasteiger partial charge in [-0.25, -0.2) is 4.98 Å². The molecule has 0 radical (unpaired) electrons. The van der Waals surface area contributed by atoms with Gasteiger partial charge in [-0.2, -0.15) is 0 Å². The van der Waals surface area contributed by atoms with Gasteiger partial charge >= 0.3 is 0 Å². The Labute approximate surface area is 165 Å². The Morgan fingerprint density at radius 1 is 0.893 bits per heavy atom. The Hall–Kier alpha value is -3.71. The summed E-state index contributed by atoms with van der Waals surface area (Å²) in [5.41, 5.74) is 2.43. The van der Waals surface area contributed by atoms with E-state index in [0.29, 0.717) is 21.8 Å². The number of thiophene rings is 1. The highest BCUT2D eigenvalue weighted by Crippen LogP contribution is 2.21. The van der Waals surface area contributed by atoms with E-state index >= 15 is 0 Å². The number of nitrogens with one attached hydrogen (secondary N) is 3. The molecule has 4 aromatic rings. The zero-order valence-corrected chi connectivity index (χ0v) is 15.5. The maximum absolute atomic E-state index is 12.7. The largest absolute Gasteiger partial charge is 0.345 e. The van der Waals surface area contributed by atoms with Gasteiger partial charge in [0.1, 0.15) is 5.82 Å². The number of hydrogen-bond donors (Lipinski definition) is 3. The minimum absolute atomic E-state index is 0.238. The van der Waals surface area contributed by atoms with Gasteiger partial charge in [0.15, 0.2) is 0 Å².